The number of nitrogens with zero attached hydrogens (tertiary/aromatic N) is 1. The molecule has 0 radical (unpaired) electrons. The van der Waals surface area contributed by atoms with Crippen LogP contribution in [0.5, 0.6) is 0 Å². The van der Waals surface area contributed by atoms with Gasteiger partial charge in [0.25, 0.3) is 0 Å². The summed E-state index contributed by atoms with van der Waals surface area (Å²) in [7, 11) is 3.67. The van der Waals surface area contributed by atoms with Gasteiger partial charge >= 0.3 is 6.18 Å². The van der Waals surface area contributed by atoms with Gasteiger partial charge in [0, 0.05) is 32.9 Å². The number of hydrogen-bond donors (Lipinski definition) is 2. The fraction of sp³-hybridized carbons (Fsp3) is 0.500. The summed E-state index contributed by atoms with van der Waals surface area (Å²) in [5.74, 6) is 0.266. The lowest BCUT2D eigenvalue weighted by molar-refractivity contribution is -0.137. The van der Waals surface area contributed by atoms with Crippen LogP contribution in [0.4, 0.5) is 13.2 Å². The van der Waals surface area contributed by atoms with Gasteiger partial charge in [-0.25, -0.2) is 0 Å². The molecule has 0 aliphatic heterocycles. The zero-order valence-electron chi connectivity index (χ0n) is 16.1. The van der Waals surface area contributed by atoms with E-state index in [0.717, 1.165) is 5.57 Å². The molecular formula is C20H30F3N3. The van der Waals surface area contributed by atoms with Crippen LogP contribution in [0.25, 0.3) is 5.57 Å². The molecular weight excluding hydrogens is 339 g/mol. The number of nitrogens with one attached hydrogen (secondary N) is 1. The molecule has 146 valence electrons. The van der Waals surface area contributed by atoms with Crippen LogP contribution in [0.1, 0.15) is 30.5 Å². The van der Waals surface area contributed by atoms with Crippen LogP contribution in [-0.4, -0.2) is 38.6 Å². The molecule has 1 aromatic rings. The fourth-order valence-electron chi connectivity index (χ4n) is 2.80. The standard InChI is InChI=1S/C20H30F3N3/c1-14(2)8-16-9-17(11-19(10-16)20(21,22)23)15(3)18(12-25-4)13-26(5)7-6-24/h9-12,14,25H,3,6-8,13,24H2,1-2,4-5H3/b18-12-. The minimum atomic E-state index is -4.38. The van der Waals surface area contributed by atoms with Gasteiger partial charge in [-0.2, -0.15) is 13.2 Å². The second-order valence-electron chi connectivity index (χ2n) is 6.98. The second-order valence-corrected chi connectivity index (χ2v) is 6.98. The van der Waals surface area contributed by atoms with E-state index in [9.17, 15) is 13.2 Å². The zero-order valence-corrected chi connectivity index (χ0v) is 16.1. The molecule has 0 fully saturated rings. The summed E-state index contributed by atoms with van der Waals surface area (Å²) in [6, 6.07) is 4.22. The molecule has 3 N–H and O–H groups in total. The molecule has 0 amide bonds. The molecule has 0 aromatic heterocycles. The van der Waals surface area contributed by atoms with E-state index in [1.165, 1.54) is 12.1 Å². The topological polar surface area (TPSA) is 41.3 Å². The SMILES string of the molecule is C=C(/C(=C\NC)CN(C)CCN)c1cc(CC(C)C)cc(C(F)(F)F)c1. The van der Waals surface area contributed by atoms with E-state index < -0.39 is 11.7 Å². The van der Waals surface area contributed by atoms with Crippen LogP contribution in [0.2, 0.25) is 0 Å². The van der Waals surface area contributed by atoms with E-state index in [1.54, 1.807) is 13.2 Å². The summed E-state index contributed by atoms with van der Waals surface area (Å²) in [4.78, 5) is 2.01. The van der Waals surface area contributed by atoms with Crippen LogP contribution >= 0.6 is 0 Å². The summed E-state index contributed by atoms with van der Waals surface area (Å²) in [5.41, 5.74) is 7.53. The van der Waals surface area contributed by atoms with Crippen molar-refractivity contribution < 1.29 is 13.2 Å². The average Bonchev–Trinajstić information content (AvgIpc) is 2.52. The number of likely N-dealkylation sites (N-methyl/N-ethyl adjacent to an activating group) is 1. The first kappa shape index (κ1) is 22.3. The van der Waals surface area contributed by atoms with Crippen LogP contribution < -0.4 is 11.1 Å². The molecule has 0 saturated carbocycles. The Balaban J connectivity index is 3.27. The Kier molecular flexibility index (Phi) is 8.37. The van der Waals surface area contributed by atoms with E-state index in [0.29, 0.717) is 42.8 Å². The number of nitrogens with two attached hydrogens (primary N) is 1. The minimum Gasteiger partial charge on any atom is -0.394 e. The number of hydrogen-bond acceptors (Lipinski definition) is 3. The summed E-state index contributed by atoms with van der Waals surface area (Å²) < 4.78 is 40.0. The van der Waals surface area contributed by atoms with Crippen molar-refractivity contribution in [1.29, 1.82) is 0 Å². The maximum atomic E-state index is 13.3. The van der Waals surface area contributed by atoms with E-state index in [4.69, 9.17) is 5.73 Å². The molecule has 0 spiro atoms. The fourth-order valence-corrected chi connectivity index (χ4v) is 2.80. The maximum Gasteiger partial charge on any atom is 0.416 e. The van der Waals surface area contributed by atoms with Crippen molar-refractivity contribution in [3.8, 4) is 0 Å². The van der Waals surface area contributed by atoms with Gasteiger partial charge in [0.05, 0.1) is 5.56 Å². The van der Waals surface area contributed by atoms with Crippen molar-refractivity contribution in [2.75, 3.05) is 33.7 Å². The molecule has 0 atom stereocenters. The van der Waals surface area contributed by atoms with Crippen molar-refractivity contribution in [2.24, 2.45) is 11.7 Å². The van der Waals surface area contributed by atoms with Crippen molar-refractivity contribution in [3.63, 3.8) is 0 Å². The smallest absolute Gasteiger partial charge is 0.394 e. The quantitative estimate of drug-likeness (QED) is 0.649. The van der Waals surface area contributed by atoms with Gasteiger partial charge in [0.2, 0.25) is 0 Å². The number of benzene rings is 1. The second kappa shape index (κ2) is 9.78. The lowest BCUT2D eigenvalue weighted by atomic mass is 9.92. The first-order valence-corrected chi connectivity index (χ1v) is 8.74. The molecule has 1 aromatic carbocycles. The maximum absolute atomic E-state index is 13.3. The van der Waals surface area contributed by atoms with Gasteiger partial charge in [-0.05, 0) is 53.8 Å². The number of halogens is 3. The predicted octanol–water partition coefficient (Wildman–Crippen LogP) is 3.91. The van der Waals surface area contributed by atoms with Gasteiger partial charge in [0.15, 0.2) is 0 Å². The molecule has 1 rings (SSSR count). The molecule has 0 heterocycles. The van der Waals surface area contributed by atoms with E-state index >= 15 is 0 Å². The van der Waals surface area contributed by atoms with Gasteiger partial charge in [0.1, 0.15) is 0 Å². The van der Waals surface area contributed by atoms with Crippen molar-refractivity contribution in [1.82, 2.24) is 10.2 Å². The van der Waals surface area contributed by atoms with Crippen molar-refractivity contribution >= 4 is 5.57 Å². The Morgan fingerprint density at radius 2 is 1.96 bits per heavy atom. The first-order valence-electron chi connectivity index (χ1n) is 8.74. The number of alkyl halides is 3. The largest absolute Gasteiger partial charge is 0.416 e. The monoisotopic (exact) mass is 369 g/mol. The van der Waals surface area contributed by atoms with Crippen LogP contribution in [-0.2, 0) is 12.6 Å². The van der Waals surface area contributed by atoms with Crippen LogP contribution in [0.15, 0.2) is 36.6 Å². The Morgan fingerprint density at radius 1 is 1.31 bits per heavy atom. The highest BCUT2D eigenvalue weighted by atomic mass is 19.4. The highest BCUT2D eigenvalue weighted by molar-refractivity contribution is 5.78. The van der Waals surface area contributed by atoms with Gasteiger partial charge in [-0.15, -0.1) is 0 Å². The Labute approximate surface area is 154 Å². The molecule has 0 aliphatic carbocycles. The van der Waals surface area contributed by atoms with E-state index in [1.807, 2.05) is 31.9 Å². The Bertz CT molecular complexity index is 634. The van der Waals surface area contributed by atoms with Crippen LogP contribution in [0, 0.1) is 5.92 Å². The van der Waals surface area contributed by atoms with Gasteiger partial charge < -0.3 is 16.0 Å². The lowest BCUT2D eigenvalue weighted by Gasteiger charge is -2.21. The molecule has 0 aliphatic rings. The summed E-state index contributed by atoms with van der Waals surface area (Å²) >= 11 is 0. The predicted molar refractivity (Wildman–Crippen MR) is 103 cm³/mol. The van der Waals surface area contributed by atoms with Crippen molar-refractivity contribution in [2.45, 2.75) is 26.4 Å². The zero-order chi connectivity index (χ0) is 19.9. The average molecular weight is 369 g/mol. The van der Waals surface area contributed by atoms with E-state index in [-0.39, 0.29) is 5.92 Å². The normalized spacial score (nSPS) is 12.8. The highest BCUT2D eigenvalue weighted by Gasteiger charge is 2.31. The summed E-state index contributed by atoms with van der Waals surface area (Å²) in [6.45, 7) is 9.79. The molecule has 0 saturated heterocycles. The molecule has 0 bridgehead atoms. The third-order valence-corrected chi connectivity index (χ3v) is 3.97. The summed E-state index contributed by atoms with van der Waals surface area (Å²) in [6.07, 6.45) is -2.02. The van der Waals surface area contributed by atoms with Gasteiger partial charge in [-0.3, -0.25) is 0 Å². The van der Waals surface area contributed by atoms with Crippen molar-refractivity contribution in [3.05, 3.63) is 53.2 Å². The van der Waals surface area contributed by atoms with E-state index in [2.05, 4.69) is 11.9 Å². The molecule has 3 nitrogen and oxygen atoms in total. The Morgan fingerprint density at radius 3 is 2.46 bits per heavy atom. The minimum absolute atomic E-state index is 0.266. The molecule has 6 heteroatoms. The first-order chi connectivity index (χ1) is 12.1. The number of rotatable bonds is 9. The highest BCUT2D eigenvalue weighted by Crippen LogP contribution is 2.34. The third-order valence-electron chi connectivity index (χ3n) is 3.97. The third kappa shape index (κ3) is 6.84. The Hall–Kier alpha value is -1.79. The molecule has 0 unspecified atom stereocenters. The van der Waals surface area contributed by atoms with Crippen LogP contribution in [0.3, 0.4) is 0 Å². The lowest BCUT2D eigenvalue weighted by Crippen LogP contribution is -2.28. The van der Waals surface area contributed by atoms with Gasteiger partial charge in [-0.1, -0.05) is 26.5 Å². The summed E-state index contributed by atoms with van der Waals surface area (Å²) in [5, 5.41) is 2.95. The molecule has 26 heavy (non-hydrogen) atoms.